The number of ether oxygens (including phenoxy) is 1. The number of likely N-dealkylation sites (N-methyl/N-ethyl adjacent to an activating group) is 1. The number of likely N-dealkylation sites (tertiary alicyclic amines) is 1. The summed E-state index contributed by atoms with van der Waals surface area (Å²) in [5.74, 6) is 0.137. The number of carbonyl (C=O) groups is 2. The Morgan fingerprint density at radius 1 is 1.20 bits per heavy atom. The predicted octanol–water partition coefficient (Wildman–Crippen LogP) is 0.561. The van der Waals surface area contributed by atoms with E-state index in [2.05, 4.69) is 20.3 Å². The minimum atomic E-state index is -0.675. The SMILES string of the molecule is COC1CN(CCc2cc3n(n2)CC[C@@H](NC(=O)c2ncn(Cc4ccccc4)n2)C(=O)N3C)C1. The maximum absolute atomic E-state index is 13.1. The predicted molar refractivity (Wildman–Crippen MR) is 128 cm³/mol. The van der Waals surface area contributed by atoms with Crippen LogP contribution in [0.1, 0.15) is 28.3 Å². The number of anilines is 1. The summed E-state index contributed by atoms with van der Waals surface area (Å²) in [6.07, 6.45) is 3.11. The zero-order valence-corrected chi connectivity index (χ0v) is 20.0. The van der Waals surface area contributed by atoms with Crippen LogP contribution in [0.5, 0.6) is 0 Å². The summed E-state index contributed by atoms with van der Waals surface area (Å²) in [6.45, 7) is 3.85. The van der Waals surface area contributed by atoms with Crippen LogP contribution in [-0.2, 0) is 29.0 Å². The van der Waals surface area contributed by atoms with Gasteiger partial charge in [-0.1, -0.05) is 30.3 Å². The molecule has 2 aliphatic rings. The van der Waals surface area contributed by atoms with Gasteiger partial charge in [0.05, 0.1) is 18.3 Å². The van der Waals surface area contributed by atoms with Crippen molar-refractivity contribution < 1.29 is 14.3 Å². The molecule has 11 heteroatoms. The van der Waals surface area contributed by atoms with Gasteiger partial charge in [0.1, 0.15) is 18.2 Å². The lowest BCUT2D eigenvalue weighted by Gasteiger charge is -2.37. The van der Waals surface area contributed by atoms with Crippen molar-refractivity contribution in [3.8, 4) is 0 Å². The minimum absolute atomic E-state index is 0.0439. The number of rotatable bonds is 8. The van der Waals surface area contributed by atoms with E-state index in [1.807, 2.05) is 41.1 Å². The average molecular weight is 479 g/mol. The van der Waals surface area contributed by atoms with Crippen LogP contribution in [0.3, 0.4) is 0 Å². The second kappa shape index (κ2) is 9.96. The molecule has 2 amide bonds. The highest BCUT2D eigenvalue weighted by Crippen LogP contribution is 2.22. The molecule has 4 heterocycles. The lowest BCUT2D eigenvalue weighted by molar-refractivity contribution is -0.120. The molecule has 2 aromatic heterocycles. The Balaban J connectivity index is 1.18. The van der Waals surface area contributed by atoms with Gasteiger partial charge in [-0.3, -0.25) is 19.4 Å². The van der Waals surface area contributed by atoms with Gasteiger partial charge < -0.3 is 10.1 Å². The van der Waals surface area contributed by atoms with Crippen molar-refractivity contribution in [1.29, 1.82) is 0 Å². The third-order valence-electron chi connectivity index (χ3n) is 6.58. The van der Waals surface area contributed by atoms with Gasteiger partial charge in [0, 0.05) is 52.8 Å². The topological polar surface area (TPSA) is 110 Å². The first-order valence-corrected chi connectivity index (χ1v) is 11.8. The fraction of sp³-hybridized carbons (Fsp3) is 0.458. The number of aromatic nitrogens is 5. The van der Waals surface area contributed by atoms with Crippen LogP contribution in [0.2, 0.25) is 0 Å². The summed E-state index contributed by atoms with van der Waals surface area (Å²) < 4.78 is 8.78. The van der Waals surface area contributed by atoms with E-state index in [-0.39, 0.29) is 11.7 Å². The largest absolute Gasteiger partial charge is 0.379 e. The Kier molecular flexibility index (Phi) is 6.60. The molecule has 3 aromatic rings. The molecular formula is C24H30N8O3. The van der Waals surface area contributed by atoms with Crippen molar-refractivity contribution in [2.24, 2.45) is 0 Å². The van der Waals surface area contributed by atoms with Crippen molar-refractivity contribution >= 4 is 17.6 Å². The summed E-state index contributed by atoms with van der Waals surface area (Å²) in [7, 11) is 3.46. The molecule has 1 N–H and O–H groups in total. The Labute approximate surface area is 203 Å². The van der Waals surface area contributed by atoms with Gasteiger partial charge in [-0.15, -0.1) is 5.10 Å². The monoisotopic (exact) mass is 478 g/mol. The number of methoxy groups -OCH3 is 1. The first-order valence-electron chi connectivity index (χ1n) is 11.8. The van der Waals surface area contributed by atoms with Crippen LogP contribution in [-0.4, -0.2) is 87.2 Å². The molecule has 0 bridgehead atoms. The van der Waals surface area contributed by atoms with Crippen LogP contribution in [0.25, 0.3) is 0 Å². The molecule has 2 aliphatic heterocycles. The van der Waals surface area contributed by atoms with Crippen molar-refractivity contribution in [3.05, 3.63) is 59.8 Å². The van der Waals surface area contributed by atoms with Gasteiger partial charge in [0.15, 0.2) is 0 Å². The fourth-order valence-corrected chi connectivity index (χ4v) is 4.47. The van der Waals surface area contributed by atoms with E-state index in [9.17, 15) is 9.59 Å². The van der Waals surface area contributed by atoms with Gasteiger partial charge in [-0.2, -0.15) is 5.10 Å². The lowest BCUT2D eigenvalue weighted by atomic mass is 10.1. The molecule has 184 valence electrons. The highest BCUT2D eigenvalue weighted by molar-refractivity contribution is 6.00. The number of benzene rings is 1. The Morgan fingerprint density at radius 3 is 2.77 bits per heavy atom. The quantitative estimate of drug-likeness (QED) is 0.504. The van der Waals surface area contributed by atoms with Gasteiger partial charge in [0.25, 0.3) is 11.8 Å². The molecule has 11 nitrogen and oxygen atoms in total. The molecule has 0 spiro atoms. The number of hydrogen-bond acceptors (Lipinski definition) is 7. The van der Waals surface area contributed by atoms with Crippen molar-refractivity contribution in [2.75, 3.05) is 38.7 Å². The Hall–Kier alpha value is -3.57. The fourth-order valence-electron chi connectivity index (χ4n) is 4.47. The molecule has 0 radical (unpaired) electrons. The van der Waals surface area contributed by atoms with E-state index in [0.29, 0.717) is 25.6 Å². The average Bonchev–Trinajstić information content (AvgIpc) is 3.45. The van der Waals surface area contributed by atoms with Gasteiger partial charge in [0.2, 0.25) is 5.82 Å². The third-order valence-corrected chi connectivity index (χ3v) is 6.58. The second-order valence-corrected chi connectivity index (χ2v) is 9.05. The number of nitrogens with zero attached hydrogens (tertiary/aromatic N) is 7. The molecule has 0 aliphatic carbocycles. The first-order chi connectivity index (χ1) is 17.0. The van der Waals surface area contributed by atoms with Crippen LogP contribution in [0, 0.1) is 0 Å². The number of carbonyl (C=O) groups excluding carboxylic acids is 2. The molecule has 35 heavy (non-hydrogen) atoms. The number of aryl methyl sites for hydroxylation is 1. The molecule has 1 saturated heterocycles. The Bertz CT molecular complexity index is 1180. The molecular weight excluding hydrogens is 448 g/mol. The van der Waals surface area contributed by atoms with Crippen LogP contribution < -0.4 is 10.2 Å². The van der Waals surface area contributed by atoms with E-state index < -0.39 is 11.9 Å². The minimum Gasteiger partial charge on any atom is -0.379 e. The molecule has 0 saturated carbocycles. The van der Waals surface area contributed by atoms with E-state index in [4.69, 9.17) is 9.84 Å². The van der Waals surface area contributed by atoms with E-state index in [0.717, 1.165) is 43.1 Å². The molecule has 1 aromatic carbocycles. The number of amides is 2. The summed E-state index contributed by atoms with van der Waals surface area (Å²) in [5.41, 5.74) is 2.01. The van der Waals surface area contributed by atoms with Crippen LogP contribution >= 0.6 is 0 Å². The van der Waals surface area contributed by atoms with Crippen molar-refractivity contribution in [3.63, 3.8) is 0 Å². The summed E-state index contributed by atoms with van der Waals surface area (Å²) in [6, 6.07) is 11.1. The second-order valence-electron chi connectivity index (χ2n) is 9.05. The number of fused-ring (bicyclic) bond motifs is 1. The van der Waals surface area contributed by atoms with Crippen molar-refractivity contribution in [2.45, 2.75) is 38.1 Å². The molecule has 5 rings (SSSR count). The van der Waals surface area contributed by atoms with Gasteiger partial charge >= 0.3 is 0 Å². The first kappa shape index (κ1) is 23.2. The number of hydrogen-bond donors (Lipinski definition) is 1. The third kappa shape index (κ3) is 5.10. The number of nitrogens with one attached hydrogen (secondary N) is 1. The van der Waals surface area contributed by atoms with Crippen LogP contribution in [0.15, 0.2) is 42.7 Å². The normalized spacial score (nSPS) is 18.7. The van der Waals surface area contributed by atoms with Gasteiger partial charge in [-0.05, 0) is 12.0 Å². The maximum Gasteiger partial charge on any atom is 0.291 e. The molecule has 1 fully saturated rings. The highest BCUT2D eigenvalue weighted by atomic mass is 16.5. The zero-order chi connectivity index (χ0) is 24.4. The van der Waals surface area contributed by atoms with Gasteiger partial charge in [-0.25, -0.2) is 14.3 Å². The maximum atomic E-state index is 13.1. The Morgan fingerprint density at radius 2 is 2.00 bits per heavy atom. The molecule has 1 atom stereocenters. The summed E-state index contributed by atoms with van der Waals surface area (Å²) in [5, 5.41) is 11.8. The lowest BCUT2D eigenvalue weighted by Crippen LogP contribution is -2.52. The smallest absolute Gasteiger partial charge is 0.291 e. The van der Waals surface area contributed by atoms with Crippen molar-refractivity contribution in [1.82, 2.24) is 34.8 Å². The summed E-state index contributed by atoms with van der Waals surface area (Å²) in [4.78, 5) is 33.9. The van der Waals surface area contributed by atoms with E-state index in [1.165, 1.54) is 6.33 Å². The standard InChI is InChI=1S/C24H30N8O3/c1-29-21-12-18(8-10-30-14-19(15-30)35-2)27-32(21)11-9-20(24(29)34)26-23(33)22-25-16-31(28-22)13-17-6-4-3-5-7-17/h3-7,12,16,19-20H,8-11,13-15H2,1-2H3,(H,26,33)/t20-/m1/s1. The summed E-state index contributed by atoms with van der Waals surface area (Å²) >= 11 is 0. The van der Waals surface area contributed by atoms with Crippen LogP contribution in [0.4, 0.5) is 5.82 Å². The zero-order valence-electron chi connectivity index (χ0n) is 20.0. The van der Waals surface area contributed by atoms with E-state index >= 15 is 0 Å². The van der Waals surface area contributed by atoms with E-state index in [1.54, 1.807) is 23.7 Å². The molecule has 0 unspecified atom stereocenters. The highest BCUT2D eigenvalue weighted by Gasteiger charge is 2.32.